The topological polar surface area (TPSA) is 21.3 Å². The van der Waals surface area contributed by atoms with E-state index in [0.717, 1.165) is 5.56 Å². The van der Waals surface area contributed by atoms with Crippen molar-refractivity contribution in [2.75, 3.05) is 5.32 Å². The van der Waals surface area contributed by atoms with Gasteiger partial charge in [0.05, 0.1) is 5.02 Å². The SMILES string of the molecule is Fc1ccc(CNc2ccc(OC(F)F)c(Cl)c2)c(Br)c1. The van der Waals surface area contributed by atoms with Gasteiger partial charge in [-0.25, -0.2) is 4.39 Å². The summed E-state index contributed by atoms with van der Waals surface area (Å²) in [6.07, 6.45) is 0. The van der Waals surface area contributed by atoms with Gasteiger partial charge in [0, 0.05) is 16.7 Å². The molecule has 0 aliphatic rings. The molecule has 112 valence electrons. The second kappa shape index (κ2) is 7.04. The van der Waals surface area contributed by atoms with Crippen LogP contribution >= 0.6 is 27.5 Å². The highest BCUT2D eigenvalue weighted by molar-refractivity contribution is 9.10. The zero-order valence-electron chi connectivity index (χ0n) is 10.5. The molecule has 0 unspecified atom stereocenters. The third kappa shape index (κ3) is 4.54. The first kappa shape index (κ1) is 16.0. The van der Waals surface area contributed by atoms with Crippen molar-refractivity contribution in [2.24, 2.45) is 0 Å². The first-order valence-electron chi connectivity index (χ1n) is 5.88. The molecular formula is C14H10BrClF3NO. The lowest BCUT2D eigenvalue weighted by Gasteiger charge is -2.11. The van der Waals surface area contributed by atoms with E-state index in [1.165, 1.54) is 24.3 Å². The molecule has 0 bridgehead atoms. The minimum atomic E-state index is -2.92. The van der Waals surface area contributed by atoms with Gasteiger partial charge in [-0.15, -0.1) is 0 Å². The minimum Gasteiger partial charge on any atom is -0.433 e. The van der Waals surface area contributed by atoms with E-state index in [1.54, 1.807) is 12.1 Å². The quantitative estimate of drug-likeness (QED) is 0.744. The van der Waals surface area contributed by atoms with Gasteiger partial charge < -0.3 is 10.1 Å². The largest absolute Gasteiger partial charge is 0.433 e. The maximum absolute atomic E-state index is 13.0. The van der Waals surface area contributed by atoms with Crippen molar-refractivity contribution in [3.8, 4) is 5.75 Å². The molecule has 0 amide bonds. The third-order valence-electron chi connectivity index (χ3n) is 2.65. The first-order chi connectivity index (χ1) is 9.95. The van der Waals surface area contributed by atoms with Crippen LogP contribution in [0.5, 0.6) is 5.75 Å². The molecule has 0 aromatic heterocycles. The molecule has 0 fully saturated rings. The van der Waals surface area contributed by atoms with Crippen LogP contribution in [-0.2, 0) is 6.54 Å². The molecule has 0 radical (unpaired) electrons. The van der Waals surface area contributed by atoms with Crippen LogP contribution in [0.25, 0.3) is 0 Å². The predicted octanol–water partition coefficient (Wildman–Crippen LogP) is 5.46. The lowest BCUT2D eigenvalue weighted by atomic mass is 10.2. The molecule has 1 N–H and O–H groups in total. The summed E-state index contributed by atoms with van der Waals surface area (Å²) in [6, 6.07) is 8.77. The van der Waals surface area contributed by atoms with Crippen LogP contribution < -0.4 is 10.1 Å². The second-order valence-corrected chi connectivity index (χ2v) is 5.37. The number of benzene rings is 2. The maximum Gasteiger partial charge on any atom is 0.387 e. The number of ether oxygens (including phenoxy) is 1. The smallest absolute Gasteiger partial charge is 0.387 e. The molecule has 0 spiro atoms. The normalized spacial score (nSPS) is 10.8. The Hall–Kier alpha value is -1.40. The number of hydrogen-bond acceptors (Lipinski definition) is 2. The molecule has 0 aliphatic heterocycles. The molecule has 0 heterocycles. The molecule has 0 aliphatic carbocycles. The predicted molar refractivity (Wildman–Crippen MR) is 79.5 cm³/mol. The van der Waals surface area contributed by atoms with Crippen molar-refractivity contribution < 1.29 is 17.9 Å². The minimum absolute atomic E-state index is 0.0819. The van der Waals surface area contributed by atoms with E-state index in [4.69, 9.17) is 11.6 Å². The highest BCUT2D eigenvalue weighted by atomic mass is 79.9. The van der Waals surface area contributed by atoms with Crippen molar-refractivity contribution in [3.05, 3.63) is 57.3 Å². The monoisotopic (exact) mass is 379 g/mol. The number of hydrogen-bond donors (Lipinski definition) is 1. The van der Waals surface area contributed by atoms with Gasteiger partial charge in [0.15, 0.2) is 0 Å². The van der Waals surface area contributed by atoms with Crippen LogP contribution in [0.15, 0.2) is 40.9 Å². The van der Waals surface area contributed by atoms with Crippen molar-refractivity contribution in [1.29, 1.82) is 0 Å². The van der Waals surface area contributed by atoms with E-state index < -0.39 is 6.61 Å². The van der Waals surface area contributed by atoms with Gasteiger partial charge in [-0.2, -0.15) is 8.78 Å². The standard InChI is InChI=1S/C14H10BrClF3NO/c15-11-5-9(17)2-1-8(11)7-20-10-3-4-13(12(16)6-10)21-14(18)19/h1-6,14,20H,7H2. The molecule has 21 heavy (non-hydrogen) atoms. The number of rotatable bonds is 5. The van der Waals surface area contributed by atoms with Crippen molar-refractivity contribution in [1.82, 2.24) is 0 Å². The number of anilines is 1. The summed E-state index contributed by atoms with van der Waals surface area (Å²) in [7, 11) is 0. The lowest BCUT2D eigenvalue weighted by molar-refractivity contribution is -0.0497. The average Bonchev–Trinajstić information content (AvgIpc) is 2.40. The number of alkyl halides is 2. The molecule has 0 atom stereocenters. The summed E-state index contributed by atoms with van der Waals surface area (Å²) in [4.78, 5) is 0. The molecular weight excluding hydrogens is 371 g/mol. The van der Waals surface area contributed by atoms with Gasteiger partial charge >= 0.3 is 6.61 Å². The van der Waals surface area contributed by atoms with Crippen molar-refractivity contribution in [3.63, 3.8) is 0 Å². The maximum atomic E-state index is 13.0. The zero-order chi connectivity index (χ0) is 15.4. The lowest BCUT2D eigenvalue weighted by Crippen LogP contribution is -2.03. The van der Waals surface area contributed by atoms with Crippen LogP contribution in [0.4, 0.5) is 18.9 Å². The summed E-state index contributed by atoms with van der Waals surface area (Å²) < 4.78 is 42.1. The van der Waals surface area contributed by atoms with Gasteiger partial charge in [0.25, 0.3) is 0 Å². The van der Waals surface area contributed by atoms with Gasteiger partial charge in [-0.3, -0.25) is 0 Å². The highest BCUT2D eigenvalue weighted by Crippen LogP contribution is 2.29. The fourth-order valence-electron chi connectivity index (χ4n) is 1.66. The van der Waals surface area contributed by atoms with E-state index in [-0.39, 0.29) is 16.6 Å². The zero-order valence-corrected chi connectivity index (χ0v) is 12.9. The Morgan fingerprint density at radius 3 is 2.57 bits per heavy atom. The van der Waals surface area contributed by atoms with Gasteiger partial charge in [-0.05, 0) is 35.9 Å². The van der Waals surface area contributed by atoms with E-state index >= 15 is 0 Å². The summed E-state index contributed by atoms with van der Waals surface area (Å²) >= 11 is 9.11. The molecule has 2 nitrogen and oxygen atoms in total. The summed E-state index contributed by atoms with van der Waals surface area (Å²) in [6.45, 7) is -2.50. The number of halogens is 5. The van der Waals surface area contributed by atoms with Crippen molar-refractivity contribution >= 4 is 33.2 Å². The second-order valence-electron chi connectivity index (χ2n) is 4.11. The van der Waals surface area contributed by atoms with E-state index in [0.29, 0.717) is 16.7 Å². The summed E-state index contributed by atoms with van der Waals surface area (Å²) in [5.41, 5.74) is 1.48. The van der Waals surface area contributed by atoms with Crippen LogP contribution in [0.1, 0.15) is 5.56 Å². The molecule has 0 saturated carbocycles. The molecule has 2 rings (SSSR count). The van der Waals surface area contributed by atoms with Crippen LogP contribution in [-0.4, -0.2) is 6.61 Å². The van der Waals surface area contributed by atoms with Gasteiger partial charge in [0.2, 0.25) is 0 Å². The van der Waals surface area contributed by atoms with E-state index in [2.05, 4.69) is 26.0 Å². The molecule has 0 saturated heterocycles. The Morgan fingerprint density at radius 2 is 1.95 bits per heavy atom. The van der Waals surface area contributed by atoms with Gasteiger partial charge in [-0.1, -0.05) is 33.6 Å². The highest BCUT2D eigenvalue weighted by Gasteiger charge is 2.09. The summed E-state index contributed by atoms with van der Waals surface area (Å²) in [5, 5.41) is 3.14. The molecule has 7 heteroatoms. The Kier molecular flexibility index (Phi) is 5.36. The fraction of sp³-hybridized carbons (Fsp3) is 0.143. The van der Waals surface area contributed by atoms with Crippen molar-refractivity contribution in [2.45, 2.75) is 13.2 Å². The Labute approximate surface area is 133 Å². The van der Waals surface area contributed by atoms with E-state index in [9.17, 15) is 13.2 Å². The van der Waals surface area contributed by atoms with Gasteiger partial charge in [0.1, 0.15) is 11.6 Å². The average molecular weight is 381 g/mol. The fourth-order valence-corrected chi connectivity index (χ4v) is 2.38. The molecule has 2 aromatic carbocycles. The number of nitrogens with one attached hydrogen (secondary N) is 1. The van der Waals surface area contributed by atoms with E-state index in [1.807, 2.05) is 0 Å². The Morgan fingerprint density at radius 1 is 1.19 bits per heavy atom. The van der Waals surface area contributed by atoms with Crippen LogP contribution in [0.2, 0.25) is 5.02 Å². The molecule has 2 aromatic rings. The van der Waals surface area contributed by atoms with Crippen LogP contribution in [0.3, 0.4) is 0 Å². The Bertz CT molecular complexity index is 640. The first-order valence-corrected chi connectivity index (χ1v) is 7.05. The van der Waals surface area contributed by atoms with Crippen LogP contribution in [0, 0.1) is 5.82 Å². The summed E-state index contributed by atoms with van der Waals surface area (Å²) in [5.74, 6) is -0.414. The third-order valence-corrected chi connectivity index (χ3v) is 3.68. The Balaban J connectivity index is 2.05.